The maximum absolute atomic E-state index is 12.8. The number of carbonyl (C=O) groups excluding carboxylic acids is 2. The van der Waals surface area contributed by atoms with E-state index in [4.69, 9.17) is 14.7 Å². The molecule has 9 nitrogen and oxygen atoms in total. The molecule has 1 aliphatic heterocycles. The number of para-hydroxylation sites is 1. The lowest BCUT2D eigenvalue weighted by atomic mass is 10.1. The van der Waals surface area contributed by atoms with Gasteiger partial charge in [0.05, 0.1) is 30.3 Å². The molecule has 9 heteroatoms. The van der Waals surface area contributed by atoms with E-state index in [1.165, 1.54) is 0 Å². The number of aromatic nitrogens is 4. The fraction of sp³-hybridized carbons (Fsp3) is 0.519. The first kappa shape index (κ1) is 25.6. The van der Waals surface area contributed by atoms with Crippen LogP contribution in [0.4, 0.5) is 5.82 Å². The Morgan fingerprint density at radius 1 is 1.03 bits per heavy atom. The predicted molar refractivity (Wildman–Crippen MR) is 139 cm³/mol. The zero-order valence-electron chi connectivity index (χ0n) is 21.5. The molecule has 0 saturated carbocycles. The van der Waals surface area contributed by atoms with Crippen LogP contribution in [0.3, 0.4) is 0 Å². The molecule has 1 aliphatic rings. The highest BCUT2D eigenvalue weighted by molar-refractivity contribution is 5.88. The molecule has 1 fully saturated rings. The SMILES string of the molecule is CCC[C@@H](C)c1nc(N2CCCN(C(=O)CCC(=O)OCC)CC2)c2cnn(-c3ccccc3)c2n1. The van der Waals surface area contributed by atoms with Crippen LogP contribution in [0, 0.1) is 0 Å². The lowest BCUT2D eigenvalue weighted by Gasteiger charge is -2.24. The van der Waals surface area contributed by atoms with Gasteiger partial charge in [-0.15, -0.1) is 0 Å². The fourth-order valence-electron chi connectivity index (χ4n) is 4.67. The van der Waals surface area contributed by atoms with Crippen molar-refractivity contribution >= 4 is 28.7 Å². The minimum Gasteiger partial charge on any atom is -0.466 e. The molecular formula is C27H36N6O3. The van der Waals surface area contributed by atoms with Gasteiger partial charge in [0.25, 0.3) is 0 Å². The average molecular weight is 493 g/mol. The number of benzene rings is 1. The minimum absolute atomic E-state index is 0.00751. The van der Waals surface area contributed by atoms with Crippen LogP contribution in [-0.2, 0) is 14.3 Å². The van der Waals surface area contributed by atoms with Gasteiger partial charge >= 0.3 is 5.97 Å². The summed E-state index contributed by atoms with van der Waals surface area (Å²) in [4.78, 5) is 38.5. The number of esters is 1. The predicted octanol–water partition coefficient (Wildman–Crippen LogP) is 4.10. The van der Waals surface area contributed by atoms with Gasteiger partial charge in [-0.05, 0) is 31.9 Å². The normalized spacial score (nSPS) is 15.1. The van der Waals surface area contributed by atoms with E-state index < -0.39 is 0 Å². The van der Waals surface area contributed by atoms with Crippen molar-refractivity contribution in [3.05, 3.63) is 42.4 Å². The highest BCUT2D eigenvalue weighted by Crippen LogP contribution is 2.29. The van der Waals surface area contributed by atoms with Crippen LogP contribution >= 0.6 is 0 Å². The summed E-state index contributed by atoms with van der Waals surface area (Å²) in [5.74, 6) is 1.59. The molecule has 2 aromatic heterocycles. The second-order valence-corrected chi connectivity index (χ2v) is 9.25. The van der Waals surface area contributed by atoms with Gasteiger partial charge in [0, 0.05) is 38.5 Å². The Morgan fingerprint density at radius 3 is 2.58 bits per heavy atom. The zero-order chi connectivity index (χ0) is 25.5. The van der Waals surface area contributed by atoms with Crippen LogP contribution in [0.2, 0.25) is 0 Å². The number of rotatable bonds is 9. The van der Waals surface area contributed by atoms with E-state index in [0.717, 1.165) is 54.2 Å². The Balaban J connectivity index is 1.59. The summed E-state index contributed by atoms with van der Waals surface area (Å²) in [6.07, 6.45) is 5.04. The molecule has 1 saturated heterocycles. The Kier molecular flexibility index (Phi) is 8.51. The molecule has 0 unspecified atom stereocenters. The lowest BCUT2D eigenvalue weighted by molar-refractivity contribution is -0.145. The molecule has 1 atom stereocenters. The van der Waals surface area contributed by atoms with Gasteiger partial charge in [-0.3, -0.25) is 9.59 Å². The molecule has 0 N–H and O–H groups in total. The van der Waals surface area contributed by atoms with Crippen molar-refractivity contribution in [2.24, 2.45) is 0 Å². The van der Waals surface area contributed by atoms with Gasteiger partial charge in [-0.25, -0.2) is 14.6 Å². The van der Waals surface area contributed by atoms with Crippen LogP contribution in [0.25, 0.3) is 16.7 Å². The van der Waals surface area contributed by atoms with E-state index in [1.807, 2.05) is 46.1 Å². The van der Waals surface area contributed by atoms with Crippen molar-refractivity contribution < 1.29 is 14.3 Å². The number of carbonyl (C=O) groups is 2. The number of hydrogen-bond acceptors (Lipinski definition) is 7. The zero-order valence-corrected chi connectivity index (χ0v) is 21.5. The molecule has 3 aromatic rings. The molecule has 1 aromatic carbocycles. The third-order valence-corrected chi connectivity index (χ3v) is 6.59. The molecule has 0 aliphatic carbocycles. The summed E-state index contributed by atoms with van der Waals surface area (Å²) >= 11 is 0. The number of anilines is 1. The van der Waals surface area contributed by atoms with Crippen LogP contribution in [-0.4, -0.2) is 69.3 Å². The van der Waals surface area contributed by atoms with Gasteiger partial charge in [0.2, 0.25) is 5.91 Å². The largest absolute Gasteiger partial charge is 0.466 e. The second-order valence-electron chi connectivity index (χ2n) is 9.25. The Hall–Kier alpha value is -3.49. The number of fused-ring (bicyclic) bond motifs is 1. The summed E-state index contributed by atoms with van der Waals surface area (Å²) in [6.45, 7) is 9.14. The first-order chi connectivity index (χ1) is 17.5. The molecule has 3 heterocycles. The van der Waals surface area contributed by atoms with E-state index in [-0.39, 0.29) is 30.6 Å². The summed E-state index contributed by atoms with van der Waals surface area (Å²) in [5.41, 5.74) is 1.76. The van der Waals surface area contributed by atoms with Crippen molar-refractivity contribution in [2.45, 2.75) is 58.8 Å². The second kappa shape index (κ2) is 12.0. The van der Waals surface area contributed by atoms with E-state index in [2.05, 4.69) is 23.8 Å². The Labute approximate surface area is 212 Å². The highest BCUT2D eigenvalue weighted by atomic mass is 16.5. The number of hydrogen-bond donors (Lipinski definition) is 0. The van der Waals surface area contributed by atoms with Gasteiger partial charge in [0.1, 0.15) is 11.6 Å². The molecule has 36 heavy (non-hydrogen) atoms. The monoisotopic (exact) mass is 492 g/mol. The third kappa shape index (κ3) is 5.83. The third-order valence-electron chi connectivity index (χ3n) is 6.59. The number of ether oxygens (including phenoxy) is 1. The van der Waals surface area contributed by atoms with E-state index in [9.17, 15) is 9.59 Å². The van der Waals surface area contributed by atoms with Gasteiger partial charge in [-0.1, -0.05) is 38.5 Å². The summed E-state index contributed by atoms with van der Waals surface area (Å²) in [7, 11) is 0. The number of nitrogens with zero attached hydrogens (tertiary/aromatic N) is 6. The van der Waals surface area contributed by atoms with E-state index >= 15 is 0 Å². The quantitative estimate of drug-likeness (QED) is 0.415. The van der Waals surface area contributed by atoms with Crippen molar-refractivity contribution in [1.29, 1.82) is 0 Å². The van der Waals surface area contributed by atoms with Crippen LogP contribution in [0.5, 0.6) is 0 Å². The van der Waals surface area contributed by atoms with Crippen LogP contribution < -0.4 is 4.90 Å². The standard InChI is InChI=1S/C27H36N6O3/c1-4-10-20(3)25-29-26(22-19-28-33(27(22)30-25)21-11-7-6-8-12-21)32-16-9-15-31(17-18-32)23(34)13-14-24(35)36-5-2/h6-8,11-12,19-20H,4-5,9-10,13-18H2,1-3H3/t20-/m1/s1. The van der Waals surface area contributed by atoms with Gasteiger partial charge in [-0.2, -0.15) is 5.10 Å². The lowest BCUT2D eigenvalue weighted by Crippen LogP contribution is -2.35. The Bertz CT molecular complexity index is 1180. The highest BCUT2D eigenvalue weighted by Gasteiger charge is 2.25. The molecule has 192 valence electrons. The average Bonchev–Trinajstić information content (AvgIpc) is 3.16. The Morgan fingerprint density at radius 2 is 1.83 bits per heavy atom. The first-order valence-electron chi connectivity index (χ1n) is 13.0. The summed E-state index contributed by atoms with van der Waals surface area (Å²) in [6, 6.07) is 10.0. The van der Waals surface area contributed by atoms with Crippen molar-refractivity contribution in [2.75, 3.05) is 37.7 Å². The van der Waals surface area contributed by atoms with E-state index in [1.54, 1.807) is 6.92 Å². The van der Waals surface area contributed by atoms with Crippen molar-refractivity contribution in [1.82, 2.24) is 24.6 Å². The minimum atomic E-state index is -0.324. The fourth-order valence-corrected chi connectivity index (χ4v) is 4.67. The molecular weight excluding hydrogens is 456 g/mol. The van der Waals surface area contributed by atoms with Gasteiger partial charge in [0.15, 0.2) is 5.65 Å². The number of amides is 1. The summed E-state index contributed by atoms with van der Waals surface area (Å²) in [5, 5.41) is 5.58. The van der Waals surface area contributed by atoms with Crippen LogP contribution in [0.1, 0.15) is 64.6 Å². The van der Waals surface area contributed by atoms with Crippen LogP contribution in [0.15, 0.2) is 36.5 Å². The topological polar surface area (TPSA) is 93.5 Å². The molecule has 1 amide bonds. The molecule has 0 radical (unpaired) electrons. The van der Waals surface area contributed by atoms with E-state index in [0.29, 0.717) is 26.2 Å². The smallest absolute Gasteiger partial charge is 0.306 e. The molecule has 0 spiro atoms. The maximum Gasteiger partial charge on any atom is 0.306 e. The van der Waals surface area contributed by atoms with Crippen molar-refractivity contribution in [3.63, 3.8) is 0 Å². The first-order valence-corrected chi connectivity index (χ1v) is 13.0. The van der Waals surface area contributed by atoms with Gasteiger partial charge < -0.3 is 14.5 Å². The summed E-state index contributed by atoms with van der Waals surface area (Å²) < 4.78 is 6.84. The van der Waals surface area contributed by atoms with Crippen molar-refractivity contribution in [3.8, 4) is 5.69 Å². The molecule has 4 rings (SSSR count). The molecule has 0 bridgehead atoms. The maximum atomic E-state index is 12.8.